The van der Waals surface area contributed by atoms with E-state index in [0.29, 0.717) is 5.02 Å². The van der Waals surface area contributed by atoms with Crippen molar-refractivity contribution in [2.24, 2.45) is 0 Å². The Bertz CT molecular complexity index is 653. The number of hydrogen-bond donors (Lipinski definition) is 1. The zero-order valence-corrected chi connectivity index (χ0v) is 16.3. The fourth-order valence-electron chi connectivity index (χ4n) is 3.12. The van der Waals surface area contributed by atoms with E-state index in [0.717, 1.165) is 37.5 Å². The third-order valence-corrected chi connectivity index (χ3v) is 5.98. The molecule has 0 aromatic heterocycles. The summed E-state index contributed by atoms with van der Waals surface area (Å²) in [5, 5.41) is 3.61. The minimum absolute atomic E-state index is 0.155. The molecule has 0 saturated heterocycles. The fourth-order valence-corrected chi connectivity index (χ4v) is 3.98. The van der Waals surface area contributed by atoms with Crippen molar-refractivity contribution < 1.29 is 13.2 Å². The molecule has 0 spiro atoms. The van der Waals surface area contributed by atoms with Crippen LogP contribution in [0.3, 0.4) is 0 Å². The Morgan fingerprint density at radius 1 is 1.12 bits per heavy atom. The molecule has 1 aliphatic carbocycles. The van der Waals surface area contributed by atoms with E-state index in [-0.39, 0.29) is 25.0 Å². The van der Waals surface area contributed by atoms with Crippen LogP contribution in [0.5, 0.6) is 0 Å². The quantitative estimate of drug-likeness (QED) is 0.815. The average molecular weight is 387 g/mol. The summed E-state index contributed by atoms with van der Waals surface area (Å²) in [6, 6.07) is 7.13. The standard InChI is InChI=1S/C18H27ClN2O3S/c1-25(23,24)21(13-15-9-11-16(19)12-10-15)14-18(22)20-17-7-5-3-2-4-6-8-17/h9-12,17H,2-8,13-14H2,1H3,(H,20,22). The van der Waals surface area contributed by atoms with Crippen LogP contribution in [0.1, 0.15) is 50.5 Å². The van der Waals surface area contributed by atoms with E-state index in [4.69, 9.17) is 11.6 Å². The van der Waals surface area contributed by atoms with Gasteiger partial charge < -0.3 is 5.32 Å². The molecule has 1 fully saturated rings. The van der Waals surface area contributed by atoms with Crippen LogP contribution in [0, 0.1) is 0 Å². The predicted molar refractivity (Wildman–Crippen MR) is 101 cm³/mol. The second kappa shape index (κ2) is 9.55. The maximum Gasteiger partial charge on any atom is 0.235 e. The first-order valence-corrected chi connectivity index (χ1v) is 11.1. The lowest BCUT2D eigenvalue weighted by Gasteiger charge is -2.24. The lowest BCUT2D eigenvalue weighted by molar-refractivity contribution is -0.122. The van der Waals surface area contributed by atoms with Crippen LogP contribution in [0.15, 0.2) is 24.3 Å². The molecule has 0 bridgehead atoms. The van der Waals surface area contributed by atoms with Gasteiger partial charge in [0.2, 0.25) is 15.9 Å². The summed E-state index contributed by atoms with van der Waals surface area (Å²) in [4.78, 5) is 12.4. The molecule has 0 heterocycles. The molecule has 140 valence electrons. The van der Waals surface area contributed by atoms with Gasteiger partial charge in [0, 0.05) is 17.6 Å². The lowest BCUT2D eigenvalue weighted by Crippen LogP contribution is -2.43. The number of carbonyl (C=O) groups is 1. The molecule has 0 atom stereocenters. The van der Waals surface area contributed by atoms with Gasteiger partial charge in [-0.15, -0.1) is 0 Å². The van der Waals surface area contributed by atoms with Crippen LogP contribution in [0.4, 0.5) is 0 Å². The molecule has 1 aliphatic rings. The van der Waals surface area contributed by atoms with Crippen LogP contribution in [0.2, 0.25) is 5.02 Å². The lowest BCUT2D eigenvalue weighted by atomic mass is 9.97. The molecule has 25 heavy (non-hydrogen) atoms. The van der Waals surface area contributed by atoms with E-state index in [2.05, 4.69) is 5.32 Å². The molecular formula is C18H27ClN2O3S. The van der Waals surface area contributed by atoms with Crippen LogP contribution in [-0.2, 0) is 21.4 Å². The first kappa shape index (κ1) is 20.2. The van der Waals surface area contributed by atoms with Crippen molar-refractivity contribution in [3.8, 4) is 0 Å². The van der Waals surface area contributed by atoms with Gasteiger partial charge in [0.15, 0.2) is 0 Å². The van der Waals surface area contributed by atoms with Crippen molar-refractivity contribution in [2.75, 3.05) is 12.8 Å². The molecule has 1 saturated carbocycles. The topological polar surface area (TPSA) is 66.5 Å². The van der Waals surface area contributed by atoms with Crippen LogP contribution >= 0.6 is 11.6 Å². The number of amides is 1. The second-order valence-corrected chi connectivity index (χ2v) is 9.19. The molecule has 1 aromatic carbocycles. The molecule has 1 aromatic rings. The number of nitrogens with zero attached hydrogens (tertiary/aromatic N) is 1. The maximum atomic E-state index is 12.4. The van der Waals surface area contributed by atoms with Gasteiger partial charge in [0.1, 0.15) is 0 Å². The van der Waals surface area contributed by atoms with E-state index in [1.165, 1.54) is 23.6 Å². The first-order chi connectivity index (χ1) is 11.8. The predicted octanol–water partition coefficient (Wildman–Crippen LogP) is 3.33. The van der Waals surface area contributed by atoms with Gasteiger partial charge in [-0.1, -0.05) is 55.8 Å². The van der Waals surface area contributed by atoms with Crippen molar-refractivity contribution in [3.63, 3.8) is 0 Å². The molecular weight excluding hydrogens is 360 g/mol. The number of nitrogens with one attached hydrogen (secondary N) is 1. The van der Waals surface area contributed by atoms with Crippen molar-refractivity contribution in [1.29, 1.82) is 0 Å². The second-order valence-electron chi connectivity index (χ2n) is 6.77. The van der Waals surface area contributed by atoms with Gasteiger partial charge in [-0.05, 0) is 30.5 Å². The SMILES string of the molecule is CS(=O)(=O)N(CC(=O)NC1CCCCCCC1)Cc1ccc(Cl)cc1. The number of benzene rings is 1. The van der Waals surface area contributed by atoms with Crippen molar-refractivity contribution in [1.82, 2.24) is 9.62 Å². The molecule has 1 amide bonds. The summed E-state index contributed by atoms with van der Waals surface area (Å²) < 4.78 is 25.3. The molecule has 5 nitrogen and oxygen atoms in total. The van der Waals surface area contributed by atoms with Crippen molar-refractivity contribution in [3.05, 3.63) is 34.9 Å². The number of rotatable bonds is 6. The fraction of sp³-hybridized carbons (Fsp3) is 0.611. The highest BCUT2D eigenvalue weighted by molar-refractivity contribution is 7.88. The zero-order chi connectivity index (χ0) is 18.3. The molecule has 7 heteroatoms. The van der Waals surface area contributed by atoms with Crippen molar-refractivity contribution in [2.45, 2.75) is 57.5 Å². The Kier molecular flexibility index (Phi) is 7.72. The van der Waals surface area contributed by atoms with E-state index in [1.807, 2.05) is 0 Å². The monoisotopic (exact) mass is 386 g/mol. The maximum absolute atomic E-state index is 12.4. The zero-order valence-electron chi connectivity index (χ0n) is 14.7. The van der Waals surface area contributed by atoms with Gasteiger partial charge in [-0.3, -0.25) is 4.79 Å². The van der Waals surface area contributed by atoms with Gasteiger partial charge in [-0.25, -0.2) is 8.42 Å². The van der Waals surface area contributed by atoms with E-state index < -0.39 is 10.0 Å². The van der Waals surface area contributed by atoms with Crippen molar-refractivity contribution >= 4 is 27.5 Å². The number of carbonyl (C=O) groups excluding carboxylic acids is 1. The van der Waals surface area contributed by atoms with E-state index >= 15 is 0 Å². The molecule has 0 radical (unpaired) electrons. The summed E-state index contributed by atoms with van der Waals surface area (Å²) in [5.74, 6) is -0.232. The largest absolute Gasteiger partial charge is 0.352 e. The van der Waals surface area contributed by atoms with Gasteiger partial charge in [0.25, 0.3) is 0 Å². The minimum Gasteiger partial charge on any atom is -0.352 e. The van der Waals surface area contributed by atoms with Crippen LogP contribution in [0.25, 0.3) is 0 Å². The minimum atomic E-state index is -3.48. The van der Waals surface area contributed by atoms with Gasteiger partial charge >= 0.3 is 0 Å². The molecule has 2 rings (SSSR count). The Morgan fingerprint density at radius 2 is 1.68 bits per heavy atom. The molecule has 1 N–H and O–H groups in total. The smallest absolute Gasteiger partial charge is 0.235 e. The Hall–Kier alpha value is -1.11. The van der Waals surface area contributed by atoms with Crippen LogP contribution < -0.4 is 5.32 Å². The Balaban J connectivity index is 1.96. The number of halogens is 1. The number of hydrogen-bond acceptors (Lipinski definition) is 3. The normalized spacial score (nSPS) is 17.1. The third kappa shape index (κ3) is 7.34. The van der Waals surface area contributed by atoms with E-state index in [1.54, 1.807) is 24.3 Å². The highest BCUT2D eigenvalue weighted by Crippen LogP contribution is 2.17. The summed E-state index contributed by atoms with van der Waals surface area (Å²) in [7, 11) is -3.48. The number of sulfonamides is 1. The Labute approximate surface area is 155 Å². The summed E-state index contributed by atoms with van der Waals surface area (Å²) in [6.45, 7) is 0.00600. The average Bonchev–Trinajstić information content (AvgIpc) is 2.50. The van der Waals surface area contributed by atoms with Gasteiger partial charge in [-0.2, -0.15) is 4.31 Å². The summed E-state index contributed by atoms with van der Waals surface area (Å²) in [5.41, 5.74) is 0.800. The first-order valence-electron chi connectivity index (χ1n) is 8.83. The highest BCUT2D eigenvalue weighted by Gasteiger charge is 2.22. The third-order valence-electron chi connectivity index (χ3n) is 4.53. The van der Waals surface area contributed by atoms with Crippen LogP contribution in [-0.4, -0.2) is 37.5 Å². The van der Waals surface area contributed by atoms with E-state index in [9.17, 15) is 13.2 Å². The molecule has 0 unspecified atom stereocenters. The molecule has 0 aliphatic heterocycles. The summed E-state index contributed by atoms with van der Waals surface area (Å²) >= 11 is 5.86. The highest BCUT2D eigenvalue weighted by atomic mass is 35.5. The Morgan fingerprint density at radius 3 is 2.24 bits per heavy atom. The summed E-state index contributed by atoms with van der Waals surface area (Å²) in [6.07, 6.45) is 8.99. The van der Waals surface area contributed by atoms with Gasteiger partial charge in [0.05, 0.1) is 12.8 Å².